The van der Waals surface area contributed by atoms with Crippen molar-refractivity contribution in [3.63, 3.8) is 0 Å². The van der Waals surface area contributed by atoms with Crippen molar-refractivity contribution >= 4 is 40.1 Å². The third-order valence-electron chi connectivity index (χ3n) is 0.287. The van der Waals surface area contributed by atoms with Crippen molar-refractivity contribution in [1.29, 1.82) is 0 Å². The molecular weight excluding hydrogens is 204 g/mol. The Hall–Kier alpha value is 0.387. The first kappa shape index (κ1) is 6.39. The number of rotatable bonds is 0. The second kappa shape index (κ2) is 3.57. The fourth-order valence-electron chi connectivity index (χ4n) is 0.0373. The van der Waals surface area contributed by atoms with Gasteiger partial charge < -0.3 is 0 Å². The zero-order valence-electron chi connectivity index (χ0n) is 3.18. The number of hydrogen-bond donors (Lipinski definition) is 2. The Morgan fingerprint density at radius 3 is 2.33 bits per heavy atom. The molecule has 0 aromatic carbocycles. The van der Waals surface area contributed by atoms with Crippen molar-refractivity contribution in [2.45, 2.75) is 0 Å². The molecule has 0 aliphatic rings. The van der Waals surface area contributed by atoms with Crippen LogP contribution in [-0.2, 0) is 0 Å². The SMILES string of the molecule is NC(=N[AsH2])N[AsH2]. The predicted molar refractivity (Wildman–Crippen MR) is 31.8 cm³/mol. The third-order valence-corrected chi connectivity index (χ3v) is 1.49. The first-order valence-electron chi connectivity index (χ1n) is 1.31. The summed E-state index contributed by atoms with van der Waals surface area (Å²) in [5.74, 6) is 0.523. The van der Waals surface area contributed by atoms with Crippen LogP contribution in [0.5, 0.6) is 0 Å². The molecule has 0 rings (SSSR count). The van der Waals surface area contributed by atoms with Gasteiger partial charge in [0.2, 0.25) is 0 Å². The van der Waals surface area contributed by atoms with Gasteiger partial charge in [-0.1, -0.05) is 0 Å². The summed E-state index contributed by atoms with van der Waals surface area (Å²) in [5, 5.41) is 0. The normalized spacial score (nSPS) is 11.3. The Morgan fingerprint density at radius 1 is 1.83 bits per heavy atom. The monoisotopic (exact) mass is 211 g/mol. The van der Waals surface area contributed by atoms with E-state index in [2.05, 4.69) is 8.14 Å². The van der Waals surface area contributed by atoms with Crippen molar-refractivity contribution in [2.24, 2.45) is 9.64 Å². The molecule has 5 heteroatoms. The molecule has 0 aliphatic heterocycles. The van der Waals surface area contributed by atoms with Crippen LogP contribution < -0.4 is 9.97 Å². The van der Waals surface area contributed by atoms with Crippen molar-refractivity contribution in [2.75, 3.05) is 0 Å². The van der Waals surface area contributed by atoms with E-state index in [0.717, 1.165) is 0 Å². The zero-order chi connectivity index (χ0) is 4.99. The number of guanidine groups is 1. The zero-order valence-corrected chi connectivity index (χ0v) is 8.02. The van der Waals surface area contributed by atoms with Gasteiger partial charge in [-0.15, -0.1) is 0 Å². The molecule has 2 unspecified atom stereocenters. The van der Waals surface area contributed by atoms with Gasteiger partial charge >= 0.3 is 54.0 Å². The van der Waals surface area contributed by atoms with E-state index in [1.165, 1.54) is 34.2 Å². The number of hydrogen-bond acceptors (Lipinski definition) is 1. The van der Waals surface area contributed by atoms with Gasteiger partial charge in [-0.2, -0.15) is 0 Å². The molecule has 0 spiro atoms. The Bertz CT molecular complexity index is 59.8. The first-order valence-corrected chi connectivity index (χ1v) is 3.60. The van der Waals surface area contributed by atoms with Gasteiger partial charge in [-0.3, -0.25) is 0 Å². The summed E-state index contributed by atoms with van der Waals surface area (Å²) in [5.41, 5.74) is 5.14. The van der Waals surface area contributed by atoms with E-state index in [1.807, 2.05) is 0 Å². The molecule has 0 aromatic rings. The quantitative estimate of drug-likeness (QED) is 0.254. The minimum atomic E-state index is 0.523. The predicted octanol–water partition coefficient (Wildman–Crippen LogP) is -3.01. The Labute approximate surface area is 54.2 Å². The van der Waals surface area contributed by atoms with Crippen LogP contribution in [0.15, 0.2) is 3.91 Å². The molecule has 0 fully saturated rings. The summed E-state index contributed by atoms with van der Waals surface area (Å²) in [4.78, 5) is 0. The first-order chi connectivity index (χ1) is 2.81. The van der Waals surface area contributed by atoms with E-state index in [4.69, 9.17) is 5.73 Å². The Balaban J connectivity index is 3.22. The molecule has 0 aromatic heterocycles. The average molecular weight is 211 g/mol. The van der Waals surface area contributed by atoms with E-state index in [9.17, 15) is 0 Å². The molecule has 2 atom stereocenters. The van der Waals surface area contributed by atoms with E-state index in [0.29, 0.717) is 5.96 Å². The molecule has 0 radical (unpaired) electrons. The van der Waals surface area contributed by atoms with Crippen LogP contribution in [0.1, 0.15) is 0 Å². The van der Waals surface area contributed by atoms with Gasteiger partial charge in [0, 0.05) is 0 Å². The average Bonchev–Trinajstić information content (AvgIpc) is 1.65. The summed E-state index contributed by atoms with van der Waals surface area (Å²) in [6.45, 7) is 0. The Kier molecular flexibility index (Phi) is 3.80. The number of nitrogens with two attached hydrogens (primary N) is 1. The summed E-state index contributed by atoms with van der Waals surface area (Å²) in [6.07, 6.45) is 0. The second-order valence-electron chi connectivity index (χ2n) is 0.659. The standard InChI is InChI=1S/CH7As2N3/c2-5-1(4)6-3/h2-3H2,(H3,4,5,6). The molecule has 0 saturated carbocycles. The maximum absolute atomic E-state index is 5.14. The molecule has 3 N–H and O–H groups in total. The molecule has 3 nitrogen and oxygen atoms in total. The van der Waals surface area contributed by atoms with Gasteiger partial charge in [0.05, 0.1) is 0 Å². The Morgan fingerprint density at radius 2 is 2.33 bits per heavy atom. The number of nitrogens with zero attached hydrogens (tertiary/aromatic N) is 1. The van der Waals surface area contributed by atoms with Crippen LogP contribution in [0, 0.1) is 0 Å². The van der Waals surface area contributed by atoms with Crippen LogP contribution in [0.2, 0.25) is 0 Å². The van der Waals surface area contributed by atoms with Gasteiger partial charge in [0.1, 0.15) is 0 Å². The molecule has 0 aliphatic carbocycles. The van der Waals surface area contributed by atoms with Crippen LogP contribution in [0.4, 0.5) is 0 Å². The summed E-state index contributed by atoms with van der Waals surface area (Å²) >= 11 is 2.61. The molecular formula is CH7As2N3. The summed E-state index contributed by atoms with van der Waals surface area (Å²) in [7, 11) is 0. The molecule has 0 heterocycles. The van der Waals surface area contributed by atoms with Crippen molar-refractivity contribution in [3.05, 3.63) is 0 Å². The van der Waals surface area contributed by atoms with Crippen LogP contribution in [0.25, 0.3) is 0 Å². The van der Waals surface area contributed by atoms with Gasteiger partial charge in [-0.25, -0.2) is 0 Å². The van der Waals surface area contributed by atoms with Gasteiger partial charge in [0.15, 0.2) is 0 Å². The number of nitrogens with one attached hydrogen (secondary N) is 1. The fraction of sp³-hybridized carbons (Fsp3) is 0. The molecule has 0 amide bonds. The molecule has 0 saturated heterocycles. The molecule has 6 heavy (non-hydrogen) atoms. The molecule has 0 bridgehead atoms. The van der Waals surface area contributed by atoms with Gasteiger partial charge in [0.25, 0.3) is 0 Å². The summed E-state index contributed by atoms with van der Waals surface area (Å²) in [6, 6.07) is 0. The van der Waals surface area contributed by atoms with Gasteiger partial charge in [-0.05, 0) is 0 Å². The van der Waals surface area contributed by atoms with Crippen LogP contribution in [0.3, 0.4) is 0 Å². The van der Waals surface area contributed by atoms with Crippen molar-refractivity contribution in [1.82, 2.24) is 4.23 Å². The van der Waals surface area contributed by atoms with Crippen molar-refractivity contribution < 1.29 is 0 Å². The third kappa shape index (κ3) is 2.61. The minimum absolute atomic E-state index is 0.523. The van der Waals surface area contributed by atoms with E-state index >= 15 is 0 Å². The van der Waals surface area contributed by atoms with Crippen LogP contribution in [-0.4, -0.2) is 40.1 Å². The summed E-state index contributed by atoms with van der Waals surface area (Å²) < 4.78 is 6.39. The van der Waals surface area contributed by atoms with Crippen LogP contribution >= 0.6 is 0 Å². The molecule has 36 valence electrons. The topological polar surface area (TPSA) is 50.4 Å². The van der Waals surface area contributed by atoms with E-state index in [1.54, 1.807) is 0 Å². The van der Waals surface area contributed by atoms with E-state index in [-0.39, 0.29) is 0 Å². The fourth-order valence-corrected chi connectivity index (χ4v) is 1.01. The maximum atomic E-state index is 5.14. The van der Waals surface area contributed by atoms with E-state index < -0.39 is 0 Å². The van der Waals surface area contributed by atoms with Crippen molar-refractivity contribution in [3.8, 4) is 0 Å². The second-order valence-corrected chi connectivity index (χ2v) is 1.81.